The summed E-state index contributed by atoms with van der Waals surface area (Å²) in [5, 5.41) is 13.7. The molecule has 0 radical (unpaired) electrons. The lowest BCUT2D eigenvalue weighted by Crippen LogP contribution is -2.41. The van der Waals surface area contributed by atoms with E-state index < -0.39 is 12.0 Å². The number of thioether (sulfide) groups is 1. The van der Waals surface area contributed by atoms with Crippen LogP contribution >= 0.6 is 23.1 Å². The lowest BCUT2D eigenvalue weighted by Gasteiger charge is -2.19. The van der Waals surface area contributed by atoms with Crippen LogP contribution in [0, 0.1) is 5.92 Å². The minimum Gasteiger partial charge on any atom is -0.480 e. The van der Waals surface area contributed by atoms with Crippen molar-refractivity contribution in [2.45, 2.75) is 38.6 Å². The molecule has 1 aliphatic rings. The third-order valence-corrected chi connectivity index (χ3v) is 5.56. The molecule has 0 fully saturated rings. The monoisotopic (exact) mass is 327 g/mol. The highest BCUT2D eigenvalue weighted by Crippen LogP contribution is 2.32. The number of carbonyl (C=O) groups is 2. The van der Waals surface area contributed by atoms with Gasteiger partial charge in [0.15, 0.2) is 0 Å². The smallest absolute Gasteiger partial charge is 0.326 e. The van der Waals surface area contributed by atoms with Gasteiger partial charge in [-0.05, 0) is 49.2 Å². The Balaban J connectivity index is 2.08. The van der Waals surface area contributed by atoms with Gasteiger partial charge in [-0.2, -0.15) is 11.8 Å². The number of rotatable bonds is 6. The molecule has 0 aliphatic heterocycles. The number of carbonyl (C=O) groups excluding carboxylic acids is 1. The zero-order valence-electron chi connectivity index (χ0n) is 12.3. The van der Waals surface area contributed by atoms with Crippen LogP contribution in [0.2, 0.25) is 0 Å². The van der Waals surface area contributed by atoms with Gasteiger partial charge in [-0.1, -0.05) is 6.92 Å². The average molecular weight is 327 g/mol. The normalized spacial score (nSPS) is 18.9. The molecule has 2 N–H and O–H groups in total. The molecule has 1 aromatic rings. The highest BCUT2D eigenvalue weighted by atomic mass is 32.2. The SMILES string of the molecule is CSCCC(NC(=O)c1csc2c1CCC(C)C2)C(=O)O. The topological polar surface area (TPSA) is 66.4 Å². The number of carboxylic acids is 1. The maximum atomic E-state index is 12.4. The summed E-state index contributed by atoms with van der Waals surface area (Å²) in [6.07, 6.45) is 5.43. The first-order chi connectivity index (χ1) is 10.0. The number of carboxylic acid groups (broad SMARTS) is 1. The molecular weight excluding hydrogens is 306 g/mol. The summed E-state index contributed by atoms with van der Waals surface area (Å²) in [4.78, 5) is 24.9. The molecule has 116 valence electrons. The van der Waals surface area contributed by atoms with Crippen LogP contribution in [0.1, 0.15) is 40.6 Å². The Kier molecular flexibility index (Phi) is 5.70. The highest BCUT2D eigenvalue weighted by Gasteiger charge is 2.26. The van der Waals surface area contributed by atoms with Gasteiger partial charge >= 0.3 is 5.97 Å². The van der Waals surface area contributed by atoms with E-state index in [9.17, 15) is 14.7 Å². The van der Waals surface area contributed by atoms with E-state index in [1.165, 1.54) is 4.88 Å². The molecule has 2 unspecified atom stereocenters. The Labute approximate surface area is 133 Å². The molecule has 1 amide bonds. The summed E-state index contributed by atoms with van der Waals surface area (Å²) in [5.41, 5.74) is 1.81. The third kappa shape index (κ3) is 4.01. The molecule has 1 heterocycles. The fourth-order valence-electron chi connectivity index (χ4n) is 2.60. The number of aliphatic carboxylic acids is 1. The Morgan fingerprint density at radius 1 is 1.57 bits per heavy atom. The zero-order chi connectivity index (χ0) is 15.4. The van der Waals surface area contributed by atoms with E-state index in [-0.39, 0.29) is 5.91 Å². The summed E-state index contributed by atoms with van der Waals surface area (Å²) in [7, 11) is 0. The zero-order valence-corrected chi connectivity index (χ0v) is 14.0. The van der Waals surface area contributed by atoms with E-state index in [4.69, 9.17) is 0 Å². The first kappa shape index (κ1) is 16.4. The number of fused-ring (bicyclic) bond motifs is 1. The van der Waals surface area contributed by atoms with Crippen molar-refractivity contribution in [2.24, 2.45) is 5.92 Å². The van der Waals surface area contributed by atoms with E-state index in [1.807, 2.05) is 11.6 Å². The second-order valence-corrected chi connectivity index (χ2v) is 7.49. The van der Waals surface area contributed by atoms with Gasteiger partial charge < -0.3 is 10.4 Å². The standard InChI is InChI=1S/C15H21NO3S2/c1-9-3-4-10-11(8-21-13(10)7-9)14(17)16-12(15(18)19)5-6-20-2/h8-9,12H,3-7H2,1-2H3,(H,16,17)(H,18,19). The van der Waals surface area contributed by atoms with Gasteiger partial charge in [0, 0.05) is 10.3 Å². The minimum atomic E-state index is -0.963. The van der Waals surface area contributed by atoms with Crippen molar-refractivity contribution in [3.8, 4) is 0 Å². The maximum Gasteiger partial charge on any atom is 0.326 e. The van der Waals surface area contributed by atoms with E-state index in [0.29, 0.717) is 17.9 Å². The van der Waals surface area contributed by atoms with Crippen LogP contribution in [0.3, 0.4) is 0 Å². The van der Waals surface area contributed by atoms with Crippen molar-refractivity contribution in [3.05, 3.63) is 21.4 Å². The van der Waals surface area contributed by atoms with Crippen molar-refractivity contribution in [1.29, 1.82) is 0 Å². The summed E-state index contributed by atoms with van der Waals surface area (Å²) in [6, 6.07) is -0.803. The summed E-state index contributed by atoms with van der Waals surface area (Å²) < 4.78 is 0. The van der Waals surface area contributed by atoms with Crippen LogP contribution < -0.4 is 5.32 Å². The molecular formula is C15H21NO3S2. The number of amides is 1. The Morgan fingerprint density at radius 2 is 2.33 bits per heavy atom. The molecule has 4 nitrogen and oxygen atoms in total. The van der Waals surface area contributed by atoms with Gasteiger partial charge in [-0.3, -0.25) is 4.79 Å². The van der Waals surface area contributed by atoms with Crippen molar-refractivity contribution < 1.29 is 14.7 Å². The molecule has 0 aromatic carbocycles. The molecule has 0 bridgehead atoms. The fourth-order valence-corrected chi connectivity index (χ4v) is 4.31. The lowest BCUT2D eigenvalue weighted by molar-refractivity contribution is -0.139. The molecule has 0 spiro atoms. The third-order valence-electron chi connectivity index (χ3n) is 3.86. The summed E-state index contributed by atoms with van der Waals surface area (Å²) >= 11 is 3.21. The molecule has 21 heavy (non-hydrogen) atoms. The maximum absolute atomic E-state index is 12.4. The van der Waals surface area contributed by atoms with Gasteiger partial charge in [0.2, 0.25) is 0 Å². The molecule has 0 saturated heterocycles. The average Bonchev–Trinajstić information content (AvgIpc) is 2.85. The van der Waals surface area contributed by atoms with Gasteiger partial charge in [-0.25, -0.2) is 4.79 Å². The fraction of sp³-hybridized carbons (Fsp3) is 0.600. The van der Waals surface area contributed by atoms with Crippen molar-refractivity contribution in [3.63, 3.8) is 0 Å². The molecule has 0 saturated carbocycles. The van der Waals surface area contributed by atoms with Crippen LogP contribution in [0.25, 0.3) is 0 Å². The Morgan fingerprint density at radius 3 is 3.00 bits per heavy atom. The first-order valence-corrected chi connectivity index (χ1v) is 9.42. The predicted octanol–water partition coefficient (Wildman–Crippen LogP) is 2.81. The van der Waals surface area contributed by atoms with Gasteiger partial charge in [0.05, 0.1) is 5.56 Å². The number of nitrogens with one attached hydrogen (secondary N) is 1. The largest absolute Gasteiger partial charge is 0.480 e. The van der Waals surface area contributed by atoms with E-state index in [1.54, 1.807) is 23.1 Å². The second kappa shape index (κ2) is 7.31. The number of thiophene rings is 1. The van der Waals surface area contributed by atoms with E-state index in [0.717, 1.165) is 30.6 Å². The van der Waals surface area contributed by atoms with Gasteiger partial charge in [0.25, 0.3) is 5.91 Å². The molecule has 1 aromatic heterocycles. The first-order valence-electron chi connectivity index (χ1n) is 7.14. The van der Waals surface area contributed by atoms with Crippen molar-refractivity contribution in [1.82, 2.24) is 5.32 Å². The van der Waals surface area contributed by atoms with E-state index >= 15 is 0 Å². The van der Waals surface area contributed by atoms with Crippen molar-refractivity contribution >= 4 is 35.0 Å². The van der Waals surface area contributed by atoms with Crippen molar-refractivity contribution in [2.75, 3.05) is 12.0 Å². The molecule has 1 aliphatic carbocycles. The Bertz CT molecular complexity index is 527. The highest BCUT2D eigenvalue weighted by molar-refractivity contribution is 7.98. The quantitative estimate of drug-likeness (QED) is 0.843. The summed E-state index contributed by atoms with van der Waals surface area (Å²) in [5.74, 6) is 0.183. The second-order valence-electron chi connectivity index (χ2n) is 5.54. The van der Waals surface area contributed by atoms with Crippen LogP contribution in [0.4, 0.5) is 0 Å². The molecule has 6 heteroatoms. The van der Waals surface area contributed by atoms with Crippen LogP contribution in [-0.4, -0.2) is 35.0 Å². The van der Waals surface area contributed by atoms with Gasteiger partial charge in [0.1, 0.15) is 6.04 Å². The summed E-state index contributed by atoms with van der Waals surface area (Å²) in [6.45, 7) is 2.23. The molecule has 2 rings (SSSR count). The number of hydrogen-bond acceptors (Lipinski definition) is 4. The van der Waals surface area contributed by atoms with Crippen LogP contribution in [-0.2, 0) is 17.6 Å². The lowest BCUT2D eigenvalue weighted by atomic mass is 9.88. The number of hydrogen-bond donors (Lipinski definition) is 2. The van der Waals surface area contributed by atoms with Crippen LogP contribution in [0.15, 0.2) is 5.38 Å². The Hall–Kier alpha value is -1.01. The van der Waals surface area contributed by atoms with E-state index in [2.05, 4.69) is 12.2 Å². The minimum absolute atomic E-state index is 0.240. The van der Waals surface area contributed by atoms with Gasteiger partial charge in [-0.15, -0.1) is 11.3 Å². The van der Waals surface area contributed by atoms with Crippen LogP contribution in [0.5, 0.6) is 0 Å². The predicted molar refractivity (Wildman–Crippen MR) is 87.4 cm³/mol. The molecule has 2 atom stereocenters.